The van der Waals surface area contributed by atoms with E-state index >= 15 is 0 Å². The highest BCUT2D eigenvalue weighted by Crippen LogP contribution is 2.31. The number of carbonyl (C=O) groups is 2. The maximum Gasteiger partial charge on any atom is 0.222 e. The molecule has 0 bridgehead atoms. The molecule has 1 unspecified atom stereocenters. The molecule has 2 amide bonds. The van der Waals surface area contributed by atoms with Gasteiger partial charge in [0.2, 0.25) is 11.8 Å². The molecule has 0 spiro atoms. The van der Waals surface area contributed by atoms with Crippen molar-refractivity contribution >= 4 is 23.4 Å². The molecule has 2 fully saturated rings. The van der Waals surface area contributed by atoms with Gasteiger partial charge in [-0.05, 0) is 44.5 Å². The summed E-state index contributed by atoms with van der Waals surface area (Å²) in [5, 5.41) is 3.30. The number of nitrogens with one attached hydrogen (secondary N) is 1. The Bertz CT molecular complexity index is 644. The summed E-state index contributed by atoms with van der Waals surface area (Å²) in [7, 11) is 0. The average molecular weight is 382 g/mol. The lowest BCUT2D eigenvalue weighted by Gasteiger charge is -2.29. The van der Waals surface area contributed by atoms with Gasteiger partial charge in [0.05, 0.1) is 6.04 Å². The van der Waals surface area contributed by atoms with Crippen molar-refractivity contribution in [3.8, 4) is 0 Å². The van der Waals surface area contributed by atoms with Crippen LogP contribution in [0.4, 0.5) is 4.39 Å². The van der Waals surface area contributed by atoms with Crippen LogP contribution in [0.3, 0.4) is 0 Å². The number of hydrogen-bond donors (Lipinski definition) is 1. The van der Waals surface area contributed by atoms with Gasteiger partial charge in [0.1, 0.15) is 5.82 Å². The molecular formula is C19H25ClFN3O2. The molecule has 3 rings (SSSR count). The molecule has 2 heterocycles. The van der Waals surface area contributed by atoms with Gasteiger partial charge in [0.25, 0.3) is 0 Å². The Morgan fingerprint density at radius 1 is 1.23 bits per heavy atom. The van der Waals surface area contributed by atoms with Crippen molar-refractivity contribution in [2.45, 2.75) is 38.1 Å². The monoisotopic (exact) mass is 381 g/mol. The molecule has 26 heavy (non-hydrogen) atoms. The van der Waals surface area contributed by atoms with E-state index in [-0.39, 0.29) is 30.1 Å². The van der Waals surface area contributed by atoms with Crippen molar-refractivity contribution in [2.75, 3.05) is 32.7 Å². The van der Waals surface area contributed by atoms with Crippen LogP contribution in [0.25, 0.3) is 0 Å². The summed E-state index contributed by atoms with van der Waals surface area (Å²) in [5.74, 6) is -0.349. The minimum absolute atomic E-state index is 0.117. The van der Waals surface area contributed by atoms with Gasteiger partial charge >= 0.3 is 0 Å². The minimum Gasteiger partial charge on any atom is -0.354 e. The van der Waals surface area contributed by atoms with E-state index in [9.17, 15) is 14.0 Å². The summed E-state index contributed by atoms with van der Waals surface area (Å²) >= 11 is 6.26. The topological polar surface area (TPSA) is 52.7 Å². The Morgan fingerprint density at radius 2 is 2.00 bits per heavy atom. The highest BCUT2D eigenvalue weighted by atomic mass is 35.5. The van der Waals surface area contributed by atoms with Gasteiger partial charge < -0.3 is 10.2 Å². The fourth-order valence-electron chi connectivity index (χ4n) is 3.77. The smallest absolute Gasteiger partial charge is 0.222 e. The molecule has 2 aliphatic rings. The normalized spacial score (nSPS) is 19.2. The molecule has 142 valence electrons. The first kappa shape index (κ1) is 19.1. The van der Waals surface area contributed by atoms with Gasteiger partial charge in [0, 0.05) is 43.1 Å². The number of benzene rings is 1. The lowest BCUT2D eigenvalue weighted by atomic mass is 10.0. The van der Waals surface area contributed by atoms with Crippen molar-refractivity contribution in [1.29, 1.82) is 0 Å². The van der Waals surface area contributed by atoms with E-state index in [1.165, 1.54) is 6.07 Å². The number of rotatable bonds is 7. The maximum absolute atomic E-state index is 14.4. The van der Waals surface area contributed by atoms with Crippen LogP contribution in [0, 0.1) is 5.82 Å². The first-order chi connectivity index (χ1) is 12.6. The molecule has 2 aliphatic heterocycles. The Hall–Kier alpha value is -1.66. The first-order valence-electron chi connectivity index (χ1n) is 9.28. The SMILES string of the molecule is O=C(CCN1CCCC1=O)NCC(c1c(F)cccc1Cl)N1CCCC1. The van der Waals surface area contributed by atoms with Crippen LogP contribution >= 0.6 is 11.6 Å². The molecule has 5 nitrogen and oxygen atoms in total. The number of halogens is 2. The molecule has 1 atom stereocenters. The molecule has 0 saturated carbocycles. The van der Waals surface area contributed by atoms with Gasteiger partial charge in [0.15, 0.2) is 0 Å². The van der Waals surface area contributed by atoms with Gasteiger partial charge in [-0.15, -0.1) is 0 Å². The van der Waals surface area contributed by atoms with Crippen LogP contribution in [0.15, 0.2) is 18.2 Å². The zero-order valence-corrected chi connectivity index (χ0v) is 15.6. The fraction of sp³-hybridized carbons (Fsp3) is 0.579. The number of amides is 2. The zero-order chi connectivity index (χ0) is 18.5. The predicted molar refractivity (Wildman–Crippen MR) is 98.4 cm³/mol. The lowest BCUT2D eigenvalue weighted by molar-refractivity contribution is -0.128. The van der Waals surface area contributed by atoms with E-state index in [2.05, 4.69) is 10.2 Å². The molecule has 0 aliphatic carbocycles. The summed E-state index contributed by atoms with van der Waals surface area (Å²) in [6.45, 7) is 3.22. The minimum atomic E-state index is -0.341. The second kappa shape index (κ2) is 8.82. The Morgan fingerprint density at radius 3 is 2.65 bits per heavy atom. The summed E-state index contributed by atoms with van der Waals surface area (Å²) in [6.07, 6.45) is 3.83. The molecule has 1 N–H and O–H groups in total. The van der Waals surface area contributed by atoms with Crippen molar-refractivity contribution < 1.29 is 14.0 Å². The third-order valence-corrected chi connectivity index (χ3v) is 5.52. The number of likely N-dealkylation sites (tertiary alicyclic amines) is 2. The quantitative estimate of drug-likeness (QED) is 0.790. The van der Waals surface area contributed by atoms with E-state index in [0.717, 1.165) is 38.9 Å². The van der Waals surface area contributed by atoms with Gasteiger partial charge in [-0.2, -0.15) is 0 Å². The van der Waals surface area contributed by atoms with E-state index < -0.39 is 0 Å². The van der Waals surface area contributed by atoms with Crippen LogP contribution < -0.4 is 5.32 Å². The van der Waals surface area contributed by atoms with E-state index in [4.69, 9.17) is 11.6 Å². The highest BCUT2D eigenvalue weighted by Gasteiger charge is 2.28. The van der Waals surface area contributed by atoms with Crippen molar-refractivity contribution in [3.05, 3.63) is 34.6 Å². The fourth-order valence-corrected chi connectivity index (χ4v) is 4.06. The van der Waals surface area contributed by atoms with Crippen LogP contribution in [0.2, 0.25) is 5.02 Å². The Balaban J connectivity index is 1.61. The van der Waals surface area contributed by atoms with Gasteiger partial charge in [-0.1, -0.05) is 17.7 Å². The lowest BCUT2D eigenvalue weighted by Crippen LogP contribution is -2.38. The molecule has 7 heteroatoms. The molecule has 1 aromatic rings. The van der Waals surface area contributed by atoms with E-state index in [1.807, 2.05) is 0 Å². The summed E-state index contributed by atoms with van der Waals surface area (Å²) in [5.41, 5.74) is 0.450. The molecule has 1 aromatic carbocycles. The van der Waals surface area contributed by atoms with Gasteiger partial charge in [-0.25, -0.2) is 4.39 Å². The molecule has 0 aromatic heterocycles. The average Bonchev–Trinajstić information content (AvgIpc) is 3.27. The third-order valence-electron chi connectivity index (χ3n) is 5.19. The van der Waals surface area contributed by atoms with Crippen LogP contribution in [0.5, 0.6) is 0 Å². The van der Waals surface area contributed by atoms with Crippen molar-refractivity contribution in [3.63, 3.8) is 0 Å². The van der Waals surface area contributed by atoms with Crippen molar-refractivity contribution in [2.24, 2.45) is 0 Å². The number of carbonyl (C=O) groups excluding carboxylic acids is 2. The summed E-state index contributed by atoms with van der Waals surface area (Å²) in [4.78, 5) is 27.8. The number of hydrogen-bond acceptors (Lipinski definition) is 3. The summed E-state index contributed by atoms with van der Waals surface area (Å²) < 4.78 is 14.4. The van der Waals surface area contributed by atoms with Crippen LogP contribution in [-0.4, -0.2) is 54.3 Å². The molecule has 0 radical (unpaired) electrons. The van der Waals surface area contributed by atoms with E-state index in [0.29, 0.717) is 30.1 Å². The number of nitrogens with zero attached hydrogens (tertiary/aromatic N) is 2. The van der Waals surface area contributed by atoms with E-state index in [1.54, 1.807) is 17.0 Å². The largest absolute Gasteiger partial charge is 0.354 e. The highest BCUT2D eigenvalue weighted by molar-refractivity contribution is 6.31. The predicted octanol–water partition coefficient (Wildman–Crippen LogP) is 2.74. The van der Waals surface area contributed by atoms with Crippen LogP contribution in [0.1, 0.15) is 43.7 Å². The maximum atomic E-state index is 14.4. The Labute approximate surface area is 158 Å². The molecular weight excluding hydrogens is 357 g/mol. The third kappa shape index (κ3) is 4.54. The van der Waals surface area contributed by atoms with Crippen LogP contribution in [-0.2, 0) is 9.59 Å². The zero-order valence-electron chi connectivity index (χ0n) is 14.8. The summed E-state index contributed by atoms with van der Waals surface area (Å²) in [6, 6.07) is 4.41. The molecule has 2 saturated heterocycles. The first-order valence-corrected chi connectivity index (χ1v) is 9.66. The second-order valence-corrected chi connectivity index (χ2v) is 7.34. The van der Waals surface area contributed by atoms with Crippen molar-refractivity contribution in [1.82, 2.24) is 15.1 Å². The Kier molecular flexibility index (Phi) is 6.48. The standard InChI is InChI=1S/C19H25ClFN3O2/c20-14-5-3-6-15(21)19(14)16(23-9-1-2-10-23)13-22-17(25)8-12-24-11-4-7-18(24)26/h3,5-6,16H,1-2,4,7-13H2,(H,22,25). The second-order valence-electron chi connectivity index (χ2n) is 6.93. The van der Waals surface area contributed by atoms with Gasteiger partial charge in [-0.3, -0.25) is 14.5 Å².